The molecule has 0 amide bonds. The first-order valence-corrected chi connectivity index (χ1v) is 6.86. The fourth-order valence-electron chi connectivity index (χ4n) is 2.53. The van der Waals surface area contributed by atoms with Crippen LogP contribution in [0.2, 0.25) is 0 Å². The highest BCUT2D eigenvalue weighted by Gasteiger charge is 2.21. The van der Waals surface area contributed by atoms with E-state index in [0.29, 0.717) is 13.1 Å². The molecule has 0 bridgehead atoms. The Morgan fingerprint density at radius 2 is 2.30 bits per heavy atom. The van der Waals surface area contributed by atoms with Gasteiger partial charge in [0.25, 0.3) is 0 Å². The number of methoxy groups -OCH3 is 1. The Bertz CT molecular complexity index is 443. The summed E-state index contributed by atoms with van der Waals surface area (Å²) in [6.07, 6.45) is 2.20. The lowest BCUT2D eigenvalue weighted by molar-refractivity contribution is -0.138. The van der Waals surface area contributed by atoms with Gasteiger partial charge in [0.2, 0.25) is 0 Å². The van der Waals surface area contributed by atoms with E-state index in [9.17, 15) is 4.79 Å². The Morgan fingerprint density at radius 3 is 2.95 bits per heavy atom. The van der Waals surface area contributed by atoms with Gasteiger partial charge in [-0.2, -0.15) is 0 Å². The predicted octanol–water partition coefficient (Wildman–Crippen LogP) is 1.76. The average Bonchev–Trinajstić information content (AvgIpc) is 2.91. The summed E-state index contributed by atoms with van der Waals surface area (Å²) in [6.45, 7) is 1.98. The van der Waals surface area contributed by atoms with E-state index in [2.05, 4.69) is 0 Å². The van der Waals surface area contributed by atoms with Crippen molar-refractivity contribution < 1.29 is 19.4 Å². The summed E-state index contributed by atoms with van der Waals surface area (Å²) < 4.78 is 10.9. The molecule has 1 aromatic carbocycles. The van der Waals surface area contributed by atoms with E-state index < -0.39 is 5.97 Å². The standard InChI is InChI=1S/C15H21NO4/c1-19-14-7-3-2-5-12(14)9-16(11-15(17)18)10-13-6-4-8-20-13/h2-3,5,7,13H,4,6,8-11H2,1H3,(H,17,18). The number of aliphatic carboxylic acids is 1. The van der Waals surface area contributed by atoms with Crippen LogP contribution in [0.5, 0.6) is 5.75 Å². The van der Waals surface area contributed by atoms with Crippen molar-refractivity contribution in [1.29, 1.82) is 0 Å². The van der Waals surface area contributed by atoms with Gasteiger partial charge < -0.3 is 14.6 Å². The van der Waals surface area contributed by atoms with Gasteiger partial charge in [-0.05, 0) is 18.9 Å². The van der Waals surface area contributed by atoms with Crippen molar-refractivity contribution in [1.82, 2.24) is 4.90 Å². The summed E-state index contributed by atoms with van der Waals surface area (Å²) in [6, 6.07) is 7.69. The summed E-state index contributed by atoms with van der Waals surface area (Å²) in [5.41, 5.74) is 0.995. The predicted molar refractivity (Wildman–Crippen MR) is 74.9 cm³/mol. The minimum absolute atomic E-state index is 0.0118. The van der Waals surface area contributed by atoms with Gasteiger partial charge in [-0.15, -0.1) is 0 Å². The first-order chi connectivity index (χ1) is 9.69. The van der Waals surface area contributed by atoms with Gasteiger partial charge >= 0.3 is 5.97 Å². The molecule has 5 heteroatoms. The zero-order valence-electron chi connectivity index (χ0n) is 11.7. The number of hydrogen-bond acceptors (Lipinski definition) is 4. The molecule has 1 heterocycles. The highest BCUT2D eigenvalue weighted by molar-refractivity contribution is 5.69. The van der Waals surface area contributed by atoms with Crippen molar-refractivity contribution in [3.63, 3.8) is 0 Å². The molecule has 0 aromatic heterocycles. The van der Waals surface area contributed by atoms with Gasteiger partial charge in [-0.1, -0.05) is 18.2 Å². The van der Waals surface area contributed by atoms with Crippen LogP contribution < -0.4 is 4.74 Å². The molecule has 20 heavy (non-hydrogen) atoms. The summed E-state index contributed by atoms with van der Waals surface area (Å²) in [5, 5.41) is 9.05. The highest BCUT2D eigenvalue weighted by atomic mass is 16.5. The van der Waals surface area contributed by atoms with E-state index in [-0.39, 0.29) is 12.6 Å². The summed E-state index contributed by atoms with van der Waals surface area (Å²) in [7, 11) is 1.63. The molecule has 1 fully saturated rings. The monoisotopic (exact) mass is 279 g/mol. The molecular weight excluding hydrogens is 258 g/mol. The molecule has 2 rings (SSSR count). The van der Waals surface area contributed by atoms with Gasteiger partial charge in [0.15, 0.2) is 0 Å². The third-order valence-corrected chi connectivity index (χ3v) is 3.43. The largest absolute Gasteiger partial charge is 0.496 e. The van der Waals surface area contributed by atoms with Crippen LogP contribution in [0.15, 0.2) is 24.3 Å². The van der Waals surface area contributed by atoms with Gasteiger partial charge in [-0.3, -0.25) is 9.69 Å². The fourth-order valence-corrected chi connectivity index (χ4v) is 2.53. The fraction of sp³-hybridized carbons (Fsp3) is 0.533. The van der Waals surface area contributed by atoms with Crippen LogP contribution in [0.3, 0.4) is 0 Å². The van der Waals surface area contributed by atoms with Gasteiger partial charge in [-0.25, -0.2) is 0 Å². The summed E-state index contributed by atoms with van der Waals surface area (Å²) in [5.74, 6) is -0.0341. The molecule has 1 aromatic rings. The quantitative estimate of drug-likeness (QED) is 0.824. The molecule has 110 valence electrons. The Labute approximate surface area is 119 Å². The number of carboxylic acids is 1. The Kier molecular flexibility index (Phi) is 5.38. The topological polar surface area (TPSA) is 59.0 Å². The molecule has 0 spiro atoms. The Morgan fingerprint density at radius 1 is 1.50 bits per heavy atom. The van der Waals surface area contributed by atoms with Crippen LogP contribution in [0, 0.1) is 0 Å². The van der Waals surface area contributed by atoms with Crippen molar-refractivity contribution in [3.8, 4) is 5.75 Å². The first-order valence-electron chi connectivity index (χ1n) is 6.86. The first kappa shape index (κ1) is 14.8. The molecule has 1 unspecified atom stereocenters. The smallest absolute Gasteiger partial charge is 0.317 e. The number of para-hydroxylation sites is 1. The van der Waals surface area contributed by atoms with E-state index in [0.717, 1.165) is 30.8 Å². The second kappa shape index (κ2) is 7.26. The normalized spacial score (nSPS) is 18.4. The zero-order chi connectivity index (χ0) is 14.4. The molecule has 1 atom stereocenters. The van der Waals surface area contributed by atoms with Gasteiger partial charge in [0, 0.05) is 25.3 Å². The van der Waals surface area contributed by atoms with E-state index in [1.54, 1.807) is 7.11 Å². The number of carbonyl (C=O) groups is 1. The van der Waals surface area contributed by atoms with E-state index in [1.807, 2.05) is 29.2 Å². The van der Waals surface area contributed by atoms with Crippen LogP contribution in [-0.4, -0.2) is 48.9 Å². The maximum absolute atomic E-state index is 11.0. The molecule has 5 nitrogen and oxygen atoms in total. The SMILES string of the molecule is COc1ccccc1CN(CC(=O)O)CC1CCCO1. The van der Waals surface area contributed by atoms with Crippen LogP contribution in [-0.2, 0) is 16.1 Å². The second-order valence-corrected chi connectivity index (χ2v) is 5.01. The minimum atomic E-state index is -0.821. The van der Waals surface area contributed by atoms with Gasteiger partial charge in [0.1, 0.15) is 5.75 Å². The van der Waals surface area contributed by atoms with Crippen LogP contribution in [0.4, 0.5) is 0 Å². The number of hydrogen-bond donors (Lipinski definition) is 1. The third-order valence-electron chi connectivity index (χ3n) is 3.43. The van der Waals surface area contributed by atoms with Crippen molar-refractivity contribution in [3.05, 3.63) is 29.8 Å². The van der Waals surface area contributed by atoms with Crippen LogP contribution in [0.1, 0.15) is 18.4 Å². The Hall–Kier alpha value is -1.59. The van der Waals surface area contributed by atoms with Crippen LogP contribution in [0.25, 0.3) is 0 Å². The Balaban J connectivity index is 2.03. The second-order valence-electron chi connectivity index (χ2n) is 5.01. The van der Waals surface area contributed by atoms with E-state index >= 15 is 0 Å². The van der Waals surface area contributed by atoms with Crippen molar-refractivity contribution in [2.45, 2.75) is 25.5 Å². The molecule has 0 aliphatic carbocycles. The average molecular weight is 279 g/mol. The summed E-state index contributed by atoms with van der Waals surface area (Å²) in [4.78, 5) is 12.9. The molecule has 0 radical (unpaired) electrons. The highest BCUT2D eigenvalue weighted by Crippen LogP contribution is 2.21. The summed E-state index contributed by atoms with van der Waals surface area (Å²) >= 11 is 0. The van der Waals surface area contributed by atoms with Crippen molar-refractivity contribution >= 4 is 5.97 Å². The minimum Gasteiger partial charge on any atom is -0.496 e. The molecule has 1 aliphatic heterocycles. The lowest BCUT2D eigenvalue weighted by Crippen LogP contribution is -2.35. The number of benzene rings is 1. The maximum Gasteiger partial charge on any atom is 0.317 e. The molecule has 0 saturated carbocycles. The molecule has 1 N–H and O–H groups in total. The number of nitrogens with zero attached hydrogens (tertiary/aromatic N) is 1. The lowest BCUT2D eigenvalue weighted by atomic mass is 10.1. The number of ether oxygens (including phenoxy) is 2. The molecular formula is C15H21NO4. The van der Waals surface area contributed by atoms with Crippen LogP contribution >= 0.6 is 0 Å². The maximum atomic E-state index is 11.0. The number of carboxylic acid groups (broad SMARTS) is 1. The zero-order valence-corrected chi connectivity index (χ0v) is 11.7. The molecule has 1 aliphatic rings. The van der Waals surface area contributed by atoms with Crippen molar-refractivity contribution in [2.24, 2.45) is 0 Å². The molecule has 1 saturated heterocycles. The lowest BCUT2D eigenvalue weighted by Gasteiger charge is -2.24. The van der Waals surface area contributed by atoms with Gasteiger partial charge in [0.05, 0.1) is 19.8 Å². The third kappa shape index (κ3) is 4.21. The van der Waals surface area contributed by atoms with E-state index in [4.69, 9.17) is 14.6 Å². The van der Waals surface area contributed by atoms with E-state index in [1.165, 1.54) is 0 Å². The number of rotatable bonds is 7. The van der Waals surface area contributed by atoms with Crippen molar-refractivity contribution in [2.75, 3.05) is 26.8 Å².